The maximum Gasteiger partial charge on any atom is 0.334 e. The first-order chi connectivity index (χ1) is 7.63. The van der Waals surface area contributed by atoms with Gasteiger partial charge in [0.2, 0.25) is 0 Å². The molecule has 92 valence electrons. The molecule has 0 aliphatic heterocycles. The zero-order valence-electron chi connectivity index (χ0n) is 8.77. The van der Waals surface area contributed by atoms with Gasteiger partial charge < -0.3 is 10.2 Å². The van der Waals surface area contributed by atoms with Crippen LogP contribution in [-0.4, -0.2) is 11.5 Å². The maximum absolute atomic E-state index is 13.1. The molecule has 0 fully saturated rings. The average Bonchev–Trinajstić information content (AvgIpc) is 2.80. The van der Waals surface area contributed by atoms with Crippen LogP contribution in [0.25, 0.3) is 11.3 Å². The van der Waals surface area contributed by atoms with Gasteiger partial charge in [-0.15, -0.1) is 12.4 Å². The molecule has 0 bridgehead atoms. The number of rotatable bonds is 3. The molecule has 0 aliphatic carbocycles. The third-order valence-electron chi connectivity index (χ3n) is 2.13. The molecular formula is C11H11ClF2N2O. The van der Waals surface area contributed by atoms with E-state index in [9.17, 15) is 8.78 Å². The highest BCUT2D eigenvalue weighted by atomic mass is 35.5. The summed E-state index contributed by atoms with van der Waals surface area (Å²) in [6, 6.07) is 8.92. The van der Waals surface area contributed by atoms with Crippen LogP contribution in [0.4, 0.5) is 8.78 Å². The van der Waals surface area contributed by atoms with Gasteiger partial charge in [0.1, 0.15) is 0 Å². The quantitative estimate of drug-likeness (QED) is 0.923. The van der Waals surface area contributed by atoms with Crippen molar-refractivity contribution in [1.82, 2.24) is 4.98 Å². The van der Waals surface area contributed by atoms with E-state index in [1.54, 1.807) is 24.3 Å². The highest BCUT2D eigenvalue weighted by Crippen LogP contribution is 2.29. The highest BCUT2D eigenvalue weighted by molar-refractivity contribution is 5.85. The maximum atomic E-state index is 13.1. The number of nitrogens with two attached hydrogens (primary N) is 1. The molecule has 17 heavy (non-hydrogen) atoms. The minimum Gasteiger partial charge on any atom is -0.435 e. The van der Waals surface area contributed by atoms with E-state index in [1.807, 2.05) is 6.07 Å². The van der Waals surface area contributed by atoms with Crippen LogP contribution in [0.5, 0.6) is 0 Å². The van der Waals surface area contributed by atoms with Crippen molar-refractivity contribution >= 4 is 12.4 Å². The van der Waals surface area contributed by atoms with Crippen LogP contribution in [0.15, 0.2) is 40.9 Å². The third-order valence-corrected chi connectivity index (χ3v) is 2.13. The standard InChI is InChI=1S/C11H10F2N2O.ClH/c12-11(13,7-14)10-15-6-9(16-10)8-4-2-1-3-5-8;/h1-6H,7,14H2;1H. The van der Waals surface area contributed by atoms with E-state index < -0.39 is 18.4 Å². The molecule has 0 radical (unpaired) electrons. The summed E-state index contributed by atoms with van der Waals surface area (Å²) in [6.07, 6.45) is 1.27. The number of oxazole rings is 1. The number of benzene rings is 1. The molecule has 1 aromatic carbocycles. The smallest absolute Gasteiger partial charge is 0.334 e. The highest BCUT2D eigenvalue weighted by Gasteiger charge is 2.35. The van der Waals surface area contributed by atoms with E-state index in [4.69, 9.17) is 10.2 Å². The summed E-state index contributed by atoms with van der Waals surface area (Å²) in [4.78, 5) is 3.54. The number of alkyl halides is 2. The minimum atomic E-state index is -3.22. The fraction of sp³-hybridized carbons (Fsp3) is 0.182. The second kappa shape index (κ2) is 5.25. The van der Waals surface area contributed by atoms with E-state index in [0.717, 1.165) is 0 Å². The molecule has 0 saturated carbocycles. The lowest BCUT2D eigenvalue weighted by Crippen LogP contribution is -2.25. The van der Waals surface area contributed by atoms with Gasteiger partial charge in [-0.2, -0.15) is 8.78 Å². The van der Waals surface area contributed by atoms with Gasteiger partial charge in [-0.05, 0) is 0 Å². The van der Waals surface area contributed by atoms with Crippen LogP contribution in [0, 0.1) is 0 Å². The van der Waals surface area contributed by atoms with Crippen molar-refractivity contribution in [1.29, 1.82) is 0 Å². The SMILES string of the molecule is Cl.NCC(F)(F)c1ncc(-c2ccccc2)o1. The first-order valence-electron chi connectivity index (χ1n) is 4.73. The van der Waals surface area contributed by atoms with Crippen molar-refractivity contribution in [3.05, 3.63) is 42.4 Å². The van der Waals surface area contributed by atoms with Gasteiger partial charge in [0.05, 0.1) is 12.7 Å². The van der Waals surface area contributed by atoms with E-state index in [1.165, 1.54) is 6.20 Å². The van der Waals surface area contributed by atoms with E-state index >= 15 is 0 Å². The van der Waals surface area contributed by atoms with Crippen molar-refractivity contribution in [2.75, 3.05) is 6.54 Å². The predicted molar refractivity (Wildman–Crippen MR) is 62.1 cm³/mol. The predicted octanol–water partition coefficient (Wildman–Crippen LogP) is 2.81. The number of hydrogen-bond donors (Lipinski definition) is 1. The molecule has 0 saturated heterocycles. The first-order valence-corrected chi connectivity index (χ1v) is 4.73. The molecule has 0 aliphatic rings. The summed E-state index contributed by atoms with van der Waals surface area (Å²) >= 11 is 0. The van der Waals surface area contributed by atoms with Gasteiger partial charge in [-0.25, -0.2) is 4.98 Å². The Morgan fingerprint density at radius 1 is 1.24 bits per heavy atom. The number of aromatic nitrogens is 1. The van der Waals surface area contributed by atoms with Crippen LogP contribution in [0.3, 0.4) is 0 Å². The molecule has 2 aromatic rings. The Balaban J connectivity index is 0.00000144. The van der Waals surface area contributed by atoms with Crippen LogP contribution in [0.2, 0.25) is 0 Å². The van der Waals surface area contributed by atoms with Crippen molar-refractivity contribution in [2.24, 2.45) is 5.73 Å². The monoisotopic (exact) mass is 260 g/mol. The summed E-state index contributed by atoms with van der Waals surface area (Å²) in [6.45, 7) is -0.818. The van der Waals surface area contributed by atoms with Gasteiger partial charge in [0.15, 0.2) is 5.76 Å². The number of halogens is 3. The third kappa shape index (κ3) is 2.81. The lowest BCUT2D eigenvalue weighted by Gasteiger charge is -2.07. The molecular weight excluding hydrogens is 250 g/mol. The van der Waals surface area contributed by atoms with Gasteiger partial charge >= 0.3 is 5.92 Å². The van der Waals surface area contributed by atoms with Crippen molar-refractivity contribution in [3.63, 3.8) is 0 Å². The molecule has 1 aromatic heterocycles. The van der Waals surface area contributed by atoms with Gasteiger partial charge in [0.25, 0.3) is 5.89 Å². The summed E-state index contributed by atoms with van der Waals surface area (Å²) < 4.78 is 31.3. The summed E-state index contributed by atoms with van der Waals surface area (Å²) in [5.74, 6) is -3.55. The van der Waals surface area contributed by atoms with E-state index in [0.29, 0.717) is 11.3 Å². The Hall–Kier alpha value is -1.46. The largest absolute Gasteiger partial charge is 0.435 e. The zero-order valence-corrected chi connectivity index (χ0v) is 9.58. The van der Waals surface area contributed by atoms with Gasteiger partial charge in [-0.3, -0.25) is 0 Å². The van der Waals surface area contributed by atoms with Crippen molar-refractivity contribution < 1.29 is 13.2 Å². The molecule has 2 rings (SSSR count). The Morgan fingerprint density at radius 2 is 1.88 bits per heavy atom. The fourth-order valence-electron chi connectivity index (χ4n) is 1.27. The van der Waals surface area contributed by atoms with E-state index in [2.05, 4.69) is 4.98 Å². The van der Waals surface area contributed by atoms with Crippen molar-refractivity contribution in [2.45, 2.75) is 5.92 Å². The summed E-state index contributed by atoms with van der Waals surface area (Å²) in [5.41, 5.74) is 5.64. The molecule has 0 amide bonds. The zero-order chi connectivity index (χ0) is 11.6. The molecule has 0 unspecified atom stereocenters. The average molecular weight is 261 g/mol. The lowest BCUT2D eigenvalue weighted by molar-refractivity contribution is -0.0208. The molecule has 6 heteroatoms. The number of nitrogens with zero attached hydrogens (tertiary/aromatic N) is 1. The summed E-state index contributed by atoms with van der Waals surface area (Å²) in [5, 5.41) is 0. The first kappa shape index (κ1) is 13.6. The Morgan fingerprint density at radius 3 is 2.47 bits per heavy atom. The second-order valence-corrected chi connectivity index (χ2v) is 3.30. The Bertz CT molecular complexity index is 473. The van der Waals surface area contributed by atoms with Crippen LogP contribution < -0.4 is 5.73 Å². The molecule has 0 atom stereocenters. The van der Waals surface area contributed by atoms with Gasteiger partial charge in [0, 0.05) is 5.56 Å². The summed E-state index contributed by atoms with van der Waals surface area (Å²) in [7, 11) is 0. The second-order valence-electron chi connectivity index (χ2n) is 3.30. The topological polar surface area (TPSA) is 52.0 Å². The normalized spacial score (nSPS) is 11.0. The minimum absolute atomic E-state index is 0. The molecule has 1 heterocycles. The Kier molecular flexibility index (Phi) is 4.20. The lowest BCUT2D eigenvalue weighted by atomic mass is 10.2. The van der Waals surface area contributed by atoms with Crippen LogP contribution >= 0.6 is 12.4 Å². The molecule has 0 spiro atoms. The van der Waals surface area contributed by atoms with E-state index in [-0.39, 0.29) is 12.4 Å². The van der Waals surface area contributed by atoms with Gasteiger partial charge in [-0.1, -0.05) is 30.3 Å². The van der Waals surface area contributed by atoms with Crippen LogP contribution in [0.1, 0.15) is 5.89 Å². The molecule has 3 nitrogen and oxygen atoms in total. The van der Waals surface area contributed by atoms with Crippen molar-refractivity contribution in [3.8, 4) is 11.3 Å². The molecule has 2 N–H and O–H groups in total. The van der Waals surface area contributed by atoms with Crippen LogP contribution in [-0.2, 0) is 5.92 Å². The Labute approximate surface area is 103 Å². The fourth-order valence-corrected chi connectivity index (χ4v) is 1.27. The number of hydrogen-bond acceptors (Lipinski definition) is 3.